The molecule has 0 amide bonds. The highest BCUT2D eigenvalue weighted by molar-refractivity contribution is 5.10. The van der Waals surface area contributed by atoms with Crippen molar-refractivity contribution in [3.05, 3.63) is 0 Å². The van der Waals surface area contributed by atoms with Crippen LogP contribution < -0.4 is 0 Å². The molecular weight excluding hydrogens is 362 g/mol. The van der Waals surface area contributed by atoms with E-state index in [0.29, 0.717) is 10.8 Å². The fraction of sp³-hybridized carbons (Fsp3) is 1.00. The van der Waals surface area contributed by atoms with Crippen molar-refractivity contribution in [3.8, 4) is 0 Å². The normalized spacial score (nSPS) is 47.1. The maximum Gasteiger partial charge on any atom is 0.00922 e. The third kappa shape index (κ3) is 3.92. The number of fused-ring (bicyclic) bond motifs is 5. The van der Waals surface area contributed by atoms with E-state index in [9.17, 15) is 0 Å². The molecule has 0 bridgehead atoms. The van der Waals surface area contributed by atoms with E-state index in [1.54, 1.807) is 19.3 Å². The van der Waals surface area contributed by atoms with Crippen molar-refractivity contribution in [2.45, 2.75) is 118 Å². The van der Waals surface area contributed by atoms with E-state index in [1.807, 2.05) is 0 Å². The van der Waals surface area contributed by atoms with Gasteiger partial charge in [0.25, 0.3) is 0 Å². The van der Waals surface area contributed by atoms with Gasteiger partial charge in [0.15, 0.2) is 0 Å². The summed E-state index contributed by atoms with van der Waals surface area (Å²) in [5, 5.41) is 0. The Balaban J connectivity index is 1.45. The average molecular weight is 416 g/mol. The van der Waals surface area contributed by atoms with Gasteiger partial charge in [0.05, 0.1) is 0 Å². The lowest BCUT2D eigenvalue weighted by Crippen LogP contribution is -2.55. The highest BCUT2D eigenvalue weighted by atomic mass is 15.1. The van der Waals surface area contributed by atoms with Crippen molar-refractivity contribution in [3.63, 3.8) is 0 Å². The first-order valence-electron chi connectivity index (χ1n) is 13.8. The Morgan fingerprint density at radius 2 is 1.50 bits per heavy atom. The van der Waals surface area contributed by atoms with Crippen LogP contribution in [0.15, 0.2) is 0 Å². The van der Waals surface area contributed by atoms with Gasteiger partial charge in [-0.3, -0.25) is 0 Å². The molecule has 0 N–H and O–H groups in total. The lowest BCUT2D eigenvalue weighted by Gasteiger charge is -2.61. The molecule has 4 aliphatic rings. The zero-order valence-corrected chi connectivity index (χ0v) is 21.6. The van der Waals surface area contributed by atoms with E-state index in [1.165, 1.54) is 57.8 Å². The molecule has 1 nitrogen and oxygen atoms in total. The molecule has 1 heteroatoms. The van der Waals surface area contributed by atoms with Crippen molar-refractivity contribution in [1.29, 1.82) is 0 Å². The van der Waals surface area contributed by atoms with Gasteiger partial charge < -0.3 is 4.90 Å². The van der Waals surface area contributed by atoms with E-state index in [-0.39, 0.29) is 0 Å². The molecule has 4 saturated carbocycles. The Labute approximate surface area is 189 Å². The molecule has 0 aliphatic heterocycles. The van der Waals surface area contributed by atoms with Gasteiger partial charge in [-0.05, 0) is 124 Å². The summed E-state index contributed by atoms with van der Waals surface area (Å²) >= 11 is 0. The molecule has 0 heterocycles. The summed E-state index contributed by atoms with van der Waals surface area (Å²) in [6.07, 6.45) is 18.0. The molecule has 4 aliphatic carbocycles. The minimum absolute atomic E-state index is 0.651. The minimum atomic E-state index is 0.651. The van der Waals surface area contributed by atoms with Gasteiger partial charge in [0.2, 0.25) is 0 Å². The van der Waals surface area contributed by atoms with Gasteiger partial charge in [0, 0.05) is 6.04 Å². The summed E-state index contributed by atoms with van der Waals surface area (Å²) in [4.78, 5) is 2.52. The summed E-state index contributed by atoms with van der Waals surface area (Å²) in [5.41, 5.74) is 1.31. The fourth-order valence-electron chi connectivity index (χ4n) is 9.73. The number of nitrogens with zero attached hydrogens (tertiary/aromatic N) is 1. The minimum Gasteiger partial charge on any atom is -0.306 e. The monoisotopic (exact) mass is 415 g/mol. The van der Waals surface area contributed by atoms with Crippen molar-refractivity contribution in [2.24, 2.45) is 52.3 Å². The first kappa shape index (κ1) is 23.1. The van der Waals surface area contributed by atoms with Gasteiger partial charge in [-0.25, -0.2) is 0 Å². The quantitative estimate of drug-likeness (QED) is 0.424. The van der Waals surface area contributed by atoms with E-state index >= 15 is 0 Å². The smallest absolute Gasteiger partial charge is 0.00922 e. The van der Waals surface area contributed by atoms with E-state index in [0.717, 1.165) is 47.5 Å². The molecule has 0 saturated heterocycles. The Kier molecular flexibility index (Phi) is 6.72. The van der Waals surface area contributed by atoms with Gasteiger partial charge in [-0.1, -0.05) is 53.9 Å². The van der Waals surface area contributed by atoms with E-state index < -0.39 is 0 Å². The van der Waals surface area contributed by atoms with Crippen molar-refractivity contribution < 1.29 is 0 Å². The molecular formula is C29H53N. The highest BCUT2D eigenvalue weighted by Crippen LogP contribution is 2.68. The zero-order valence-electron chi connectivity index (χ0n) is 21.6. The number of rotatable bonds is 6. The van der Waals surface area contributed by atoms with Gasteiger partial charge in [-0.15, -0.1) is 0 Å². The topological polar surface area (TPSA) is 3.24 Å². The second-order valence-electron chi connectivity index (χ2n) is 13.6. The predicted molar refractivity (Wildman–Crippen MR) is 131 cm³/mol. The molecule has 0 unspecified atom stereocenters. The Bertz CT molecular complexity index is 581. The molecule has 9 atom stereocenters. The lowest BCUT2D eigenvalue weighted by molar-refractivity contribution is -0.122. The molecule has 0 aromatic carbocycles. The van der Waals surface area contributed by atoms with Crippen molar-refractivity contribution in [2.75, 3.05) is 14.1 Å². The van der Waals surface area contributed by atoms with Crippen LogP contribution in [0.4, 0.5) is 0 Å². The largest absolute Gasteiger partial charge is 0.306 e. The standard InChI is InChI=1S/C29H53N/c1-20(2)9-8-10-21(3)25-13-14-26-24-12-11-22-19-23(30(6)7)15-17-28(22,4)27(24)16-18-29(25,26)5/h20-27H,8-19H2,1-7H3/t21-,22-,23-,24-,25+,26-,27-,28-,29+/m0/s1. The summed E-state index contributed by atoms with van der Waals surface area (Å²) in [5.74, 6) is 6.94. The molecule has 0 spiro atoms. The molecule has 4 rings (SSSR count). The first-order chi connectivity index (χ1) is 14.2. The third-order valence-electron chi connectivity index (χ3n) is 11.6. The van der Waals surface area contributed by atoms with Gasteiger partial charge >= 0.3 is 0 Å². The second kappa shape index (κ2) is 8.72. The Morgan fingerprint density at radius 3 is 2.20 bits per heavy atom. The SMILES string of the molecule is CC(C)CCC[C@H](C)[C@H]1CC[C@H]2[C@@H]3CC[C@H]4C[C@@H](N(C)C)CC[C@]4(C)[C@H]3CC[C@]12C. The van der Waals surface area contributed by atoms with E-state index in [4.69, 9.17) is 0 Å². The van der Waals surface area contributed by atoms with Crippen LogP contribution in [-0.4, -0.2) is 25.0 Å². The van der Waals surface area contributed by atoms with Crippen LogP contribution in [-0.2, 0) is 0 Å². The Hall–Kier alpha value is -0.0400. The van der Waals surface area contributed by atoms with Crippen LogP contribution in [0, 0.1) is 52.3 Å². The van der Waals surface area contributed by atoms with Crippen molar-refractivity contribution >= 4 is 0 Å². The highest BCUT2D eigenvalue weighted by Gasteiger charge is 2.60. The van der Waals surface area contributed by atoms with Crippen LogP contribution in [0.1, 0.15) is 112 Å². The molecule has 0 aromatic heterocycles. The zero-order chi connectivity index (χ0) is 21.7. The molecule has 0 radical (unpaired) electrons. The van der Waals surface area contributed by atoms with Crippen LogP contribution in [0.5, 0.6) is 0 Å². The average Bonchev–Trinajstić information content (AvgIpc) is 3.04. The summed E-state index contributed by atoms with van der Waals surface area (Å²) in [6, 6.07) is 0.844. The Morgan fingerprint density at radius 1 is 0.800 bits per heavy atom. The predicted octanol–water partition coefficient (Wildman–Crippen LogP) is 8.04. The number of hydrogen-bond donors (Lipinski definition) is 0. The summed E-state index contributed by atoms with van der Waals surface area (Å²) < 4.78 is 0. The molecule has 0 aromatic rings. The maximum atomic E-state index is 2.75. The maximum absolute atomic E-state index is 2.75. The van der Waals surface area contributed by atoms with Gasteiger partial charge in [0.1, 0.15) is 0 Å². The molecule has 30 heavy (non-hydrogen) atoms. The lowest BCUT2D eigenvalue weighted by atomic mass is 9.44. The first-order valence-corrected chi connectivity index (χ1v) is 13.8. The summed E-state index contributed by atoms with van der Waals surface area (Å²) in [7, 11) is 4.62. The van der Waals surface area contributed by atoms with Crippen molar-refractivity contribution in [1.82, 2.24) is 4.90 Å². The van der Waals surface area contributed by atoms with Crippen LogP contribution in [0.2, 0.25) is 0 Å². The van der Waals surface area contributed by atoms with E-state index in [2.05, 4.69) is 53.6 Å². The van der Waals surface area contributed by atoms with Crippen LogP contribution in [0.3, 0.4) is 0 Å². The van der Waals surface area contributed by atoms with Crippen LogP contribution in [0.25, 0.3) is 0 Å². The third-order valence-corrected chi connectivity index (χ3v) is 11.6. The fourth-order valence-corrected chi connectivity index (χ4v) is 9.73. The molecule has 174 valence electrons. The molecule has 4 fully saturated rings. The van der Waals surface area contributed by atoms with Gasteiger partial charge in [-0.2, -0.15) is 0 Å². The second-order valence-corrected chi connectivity index (χ2v) is 13.6. The number of hydrogen-bond acceptors (Lipinski definition) is 1. The summed E-state index contributed by atoms with van der Waals surface area (Å²) in [6.45, 7) is 12.9. The van der Waals surface area contributed by atoms with Crippen LogP contribution >= 0.6 is 0 Å².